The van der Waals surface area contributed by atoms with Gasteiger partial charge in [-0.2, -0.15) is 0 Å². The van der Waals surface area contributed by atoms with Crippen LogP contribution in [0.4, 0.5) is 10.1 Å². The molecule has 2 N–H and O–H groups in total. The number of nitrogens with zero attached hydrogens (tertiary/aromatic N) is 1. The Morgan fingerprint density at radius 3 is 3.00 bits per heavy atom. The summed E-state index contributed by atoms with van der Waals surface area (Å²) in [7, 11) is 1.68. The number of methoxy groups -OCH3 is 1. The predicted molar refractivity (Wildman–Crippen MR) is 91.7 cm³/mol. The highest BCUT2D eigenvalue weighted by atomic mass is 19.1. The van der Waals surface area contributed by atoms with E-state index in [1.165, 1.54) is 6.07 Å². The number of hydrogen-bond donors (Lipinski definition) is 2. The largest absolute Gasteiger partial charge is 0.380 e. The molecule has 6 heteroatoms. The van der Waals surface area contributed by atoms with Crippen LogP contribution in [0.15, 0.2) is 18.2 Å². The van der Waals surface area contributed by atoms with Crippen LogP contribution in [0, 0.1) is 12.7 Å². The van der Waals surface area contributed by atoms with Crippen LogP contribution in [0.5, 0.6) is 0 Å². The molecule has 2 saturated heterocycles. The van der Waals surface area contributed by atoms with Gasteiger partial charge in [-0.25, -0.2) is 4.39 Å². The van der Waals surface area contributed by atoms with Crippen molar-refractivity contribution in [2.24, 2.45) is 0 Å². The fourth-order valence-corrected chi connectivity index (χ4v) is 3.67. The van der Waals surface area contributed by atoms with Crippen LogP contribution in [-0.2, 0) is 9.53 Å². The van der Waals surface area contributed by atoms with Crippen LogP contribution in [0.25, 0.3) is 0 Å². The molecule has 0 aromatic heterocycles. The average Bonchev–Trinajstić information content (AvgIpc) is 3.04. The predicted octanol–water partition coefficient (Wildman–Crippen LogP) is 1.60. The maximum absolute atomic E-state index is 13.3. The van der Waals surface area contributed by atoms with E-state index in [0.717, 1.165) is 50.1 Å². The Bertz CT molecular complexity index is 596. The summed E-state index contributed by atoms with van der Waals surface area (Å²) in [5.41, 5.74) is 1.98. The number of ether oxygens (including phenoxy) is 1. The number of amides is 1. The molecular formula is C18H26FN3O2. The van der Waals surface area contributed by atoms with Crippen molar-refractivity contribution < 1.29 is 13.9 Å². The van der Waals surface area contributed by atoms with Gasteiger partial charge >= 0.3 is 0 Å². The minimum atomic E-state index is -0.210. The first kappa shape index (κ1) is 17.2. The van der Waals surface area contributed by atoms with Gasteiger partial charge in [0.15, 0.2) is 0 Å². The van der Waals surface area contributed by atoms with Crippen LogP contribution in [0.3, 0.4) is 0 Å². The van der Waals surface area contributed by atoms with Crippen molar-refractivity contribution >= 4 is 11.6 Å². The Balaban J connectivity index is 1.58. The van der Waals surface area contributed by atoms with Crippen molar-refractivity contribution in [3.8, 4) is 0 Å². The van der Waals surface area contributed by atoms with Gasteiger partial charge in [-0.15, -0.1) is 0 Å². The van der Waals surface area contributed by atoms with Crippen LogP contribution < -0.4 is 15.5 Å². The SMILES string of the molecule is CO[C@@H]1CN[C@@H](C(=O)N[C@H]2CCCN(c3ccc(F)cc3C)C2)C1. The molecule has 0 bridgehead atoms. The van der Waals surface area contributed by atoms with Gasteiger partial charge in [0.2, 0.25) is 5.91 Å². The number of carbonyl (C=O) groups excluding carboxylic acids is 1. The number of halogens is 1. The Kier molecular flexibility index (Phi) is 5.36. The van der Waals surface area contributed by atoms with Crippen molar-refractivity contribution in [1.29, 1.82) is 0 Å². The second-order valence-electron chi connectivity index (χ2n) is 6.78. The second-order valence-corrected chi connectivity index (χ2v) is 6.78. The average molecular weight is 335 g/mol. The zero-order chi connectivity index (χ0) is 17.1. The normalized spacial score (nSPS) is 27.3. The maximum Gasteiger partial charge on any atom is 0.237 e. The lowest BCUT2D eigenvalue weighted by Gasteiger charge is -2.36. The Hall–Kier alpha value is -1.66. The smallest absolute Gasteiger partial charge is 0.237 e. The van der Waals surface area contributed by atoms with Gasteiger partial charge in [0.05, 0.1) is 12.1 Å². The van der Waals surface area contributed by atoms with Crippen molar-refractivity contribution in [3.05, 3.63) is 29.6 Å². The van der Waals surface area contributed by atoms with Crippen LogP contribution in [0.2, 0.25) is 0 Å². The molecule has 2 fully saturated rings. The van der Waals surface area contributed by atoms with Gasteiger partial charge in [0.25, 0.3) is 0 Å². The van der Waals surface area contributed by atoms with Crippen LogP contribution in [-0.4, -0.2) is 50.8 Å². The third-order valence-corrected chi connectivity index (χ3v) is 5.01. The first-order valence-electron chi connectivity index (χ1n) is 8.64. The number of carbonyl (C=O) groups is 1. The van der Waals surface area contributed by atoms with E-state index in [2.05, 4.69) is 15.5 Å². The summed E-state index contributed by atoms with van der Waals surface area (Å²) in [4.78, 5) is 14.7. The number of nitrogens with one attached hydrogen (secondary N) is 2. The molecule has 0 aliphatic carbocycles. The first-order valence-corrected chi connectivity index (χ1v) is 8.64. The van der Waals surface area contributed by atoms with E-state index in [-0.39, 0.29) is 29.9 Å². The van der Waals surface area contributed by atoms with Gasteiger partial charge in [-0.1, -0.05) is 0 Å². The van der Waals surface area contributed by atoms with Gasteiger partial charge in [0, 0.05) is 38.5 Å². The van der Waals surface area contributed by atoms with Crippen molar-refractivity contribution in [1.82, 2.24) is 10.6 Å². The van der Waals surface area contributed by atoms with E-state index in [9.17, 15) is 9.18 Å². The number of piperidine rings is 1. The minimum Gasteiger partial charge on any atom is -0.380 e. The zero-order valence-electron chi connectivity index (χ0n) is 14.3. The summed E-state index contributed by atoms with van der Waals surface area (Å²) in [5.74, 6) is -0.157. The minimum absolute atomic E-state index is 0.0530. The number of rotatable bonds is 4. The molecular weight excluding hydrogens is 309 g/mol. The van der Waals surface area contributed by atoms with E-state index in [1.54, 1.807) is 13.2 Å². The molecule has 24 heavy (non-hydrogen) atoms. The molecule has 5 nitrogen and oxygen atoms in total. The summed E-state index contributed by atoms with van der Waals surface area (Å²) in [6.07, 6.45) is 2.82. The van der Waals surface area contributed by atoms with Crippen LogP contribution >= 0.6 is 0 Å². The molecule has 3 rings (SSSR count). The highest BCUT2D eigenvalue weighted by Crippen LogP contribution is 2.24. The molecule has 2 heterocycles. The standard InChI is InChI=1S/C18H26FN3O2/c1-12-8-13(19)5-6-17(12)22-7-3-4-14(11-22)21-18(23)16-9-15(24-2)10-20-16/h5-6,8,14-16,20H,3-4,7,9-11H2,1-2H3,(H,21,23)/t14-,15-,16+/m0/s1. The van der Waals surface area contributed by atoms with E-state index in [0.29, 0.717) is 0 Å². The molecule has 2 aliphatic heterocycles. The van der Waals surface area contributed by atoms with Gasteiger partial charge < -0.3 is 20.3 Å². The summed E-state index contributed by atoms with van der Waals surface area (Å²) in [6.45, 7) is 4.35. The molecule has 1 amide bonds. The molecule has 0 spiro atoms. The van der Waals surface area contributed by atoms with E-state index < -0.39 is 0 Å². The number of benzene rings is 1. The molecule has 0 radical (unpaired) electrons. The van der Waals surface area contributed by atoms with Crippen LogP contribution in [0.1, 0.15) is 24.8 Å². The summed E-state index contributed by atoms with van der Waals surface area (Å²) in [5, 5.41) is 6.38. The Labute approximate surface area is 142 Å². The summed E-state index contributed by atoms with van der Waals surface area (Å²) >= 11 is 0. The van der Waals surface area contributed by atoms with Crippen molar-refractivity contribution in [3.63, 3.8) is 0 Å². The number of aryl methyl sites for hydroxylation is 1. The molecule has 2 aliphatic rings. The molecule has 0 saturated carbocycles. The lowest BCUT2D eigenvalue weighted by Crippen LogP contribution is -2.52. The molecule has 0 unspecified atom stereocenters. The Morgan fingerprint density at radius 1 is 1.46 bits per heavy atom. The van der Waals surface area contributed by atoms with Gasteiger partial charge in [0.1, 0.15) is 5.82 Å². The first-order chi connectivity index (χ1) is 11.6. The maximum atomic E-state index is 13.3. The van der Waals surface area contributed by atoms with Crippen molar-refractivity contribution in [2.75, 3.05) is 31.6 Å². The third-order valence-electron chi connectivity index (χ3n) is 5.01. The molecule has 1 aromatic rings. The highest BCUT2D eigenvalue weighted by molar-refractivity contribution is 5.82. The van der Waals surface area contributed by atoms with E-state index in [1.807, 2.05) is 13.0 Å². The lowest BCUT2D eigenvalue weighted by molar-refractivity contribution is -0.123. The molecule has 1 aromatic carbocycles. The quantitative estimate of drug-likeness (QED) is 0.878. The zero-order valence-corrected chi connectivity index (χ0v) is 14.3. The number of hydrogen-bond acceptors (Lipinski definition) is 4. The molecule has 3 atom stereocenters. The summed E-state index contributed by atoms with van der Waals surface area (Å²) < 4.78 is 18.6. The van der Waals surface area contributed by atoms with Gasteiger partial charge in [-0.05, 0) is 49.9 Å². The summed E-state index contributed by atoms with van der Waals surface area (Å²) in [6, 6.07) is 4.84. The number of anilines is 1. The fraction of sp³-hybridized carbons (Fsp3) is 0.611. The van der Waals surface area contributed by atoms with E-state index in [4.69, 9.17) is 4.74 Å². The van der Waals surface area contributed by atoms with E-state index >= 15 is 0 Å². The van der Waals surface area contributed by atoms with Crippen molar-refractivity contribution in [2.45, 2.75) is 44.4 Å². The lowest BCUT2D eigenvalue weighted by atomic mass is 10.0. The monoisotopic (exact) mass is 335 g/mol. The third kappa shape index (κ3) is 3.87. The Morgan fingerprint density at radius 2 is 2.29 bits per heavy atom. The van der Waals surface area contributed by atoms with Gasteiger partial charge in [-0.3, -0.25) is 4.79 Å². The second kappa shape index (κ2) is 7.49. The molecule has 132 valence electrons. The fourth-order valence-electron chi connectivity index (χ4n) is 3.67. The highest BCUT2D eigenvalue weighted by Gasteiger charge is 2.31. The topological polar surface area (TPSA) is 53.6 Å².